The lowest BCUT2D eigenvalue weighted by atomic mass is 10.2. The van der Waals surface area contributed by atoms with Gasteiger partial charge in [-0.1, -0.05) is 0 Å². The summed E-state index contributed by atoms with van der Waals surface area (Å²) in [5, 5.41) is 4.78. The summed E-state index contributed by atoms with van der Waals surface area (Å²) in [6.45, 7) is 1.88. The summed E-state index contributed by atoms with van der Waals surface area (Å²) >= 11 is 0. The second-order valence-electron chi connectivity index (χ2n) is 7.31. The van der Waals surface area contributed by atoms with Crippen molar-refractivity contribution in [2.45, 2.75) is 25.3 Å². The van der Waals surface area contributed by atoms with E-state index in [1.807, 2.05) is 49.1 Å². The van der Waals surface area contributed by atoms with E-state index in [1.54, 1.807) is 0 Å². The average molecular weight is 366 g/mol. The maximum absolute atomic E-state index is 6.05. The van der Waals surface area contributed by atoms with Gasteiger partial charge in [-0.05, 0) is 51.2 Å². The summed E-state index contributed by atoms with van der Waals surface area (Å²) < 4.78 is 19.3. The molecule has 0 unspecified atom stereocenters. The van der Waals surface area contributed by atoms with E-state index in [-0.39, 0.29) is 0 Å². The van der Waals surface area contributed by atoms with Crippen molar-refractivity contribution in [1.82, 2.24) is 19.7 Å². The molecule has 0 N–H and O–H groups in total. The van der Waals surface area contributed by atoms with Gasteiger partial charge in [0.25, 0.3) is 0 Å². The number of nitrogens with zero attached hydrogens (tertiary/aromatic N) is 4. The molecule has 1 fully saturated rings. The van der Waals surface area contributed by atoms with Crippen molar-refractivity contribution in [1.29, 1.82) is 0 Å². The number of ether oxygens (including phenoxy) is 2. The first-order chi connectivity index (χ1) is 13.2. The number of rotatable bonds is 5. The van der Waals surface area contributed by atoms with Gasteiger partial charge in [-0.25, -0.2) is 9.67 Å². The van der Waals surface area contributed by atoms with Gasteiger partial charge < -0.3 is 18.8 Å². The van der Waals surface area contributed by atoms with E-state index < -0.39 is 0 Å². The summed E-state index contributed by atoms with van der Waals surface area (Å²) in [5.41, 5.74) is 0.888. The molecule has 1 aromatic carbocycles. The van der Waals surface area contributed by atoms with Gasteiger partial charge in [0.05, 0.1) is 12.2 Å². The third-order valence-corrected chi connectivity index (χ3v) is 4.69. The molecule has 0 saturated heterocycles. The minimum Gasteiger partial charge on any atom is -0.486 e. The fourth-order valence-electron chi connectivity index (χ4n) is 3.24. The lowest BCUT2D eigenvalue weighted by Gasteiger charge is -2.19. The molecule has 1 aliphatic carbocycles. The summed E-state index contributed by atoms with van der Waals surface area (Å²) in [6, 6.07) is 9.81. The highest BCUT2D eigenvalue weighted by atomic mass is 16.6. The molecular weight excluding hydrogens is 344 g/mol. The van der Waals surface area contributed by atoms with Crippen LogP contribution >= 0.6 is 0 Å². The molecule has 5 rings (SSSR count). The maximum atomic E-state index is 6.05. The van der Waals surface area contributed by atoms with Gasteiger partial charge in [0, 0.05) is 12.0 Å². The van der Waals surface area contributed by atoms with E-state index in [4.69, 9.17) is 24.0 Å². The first kappa shape index (κ1) is 16.4. The Morgan fingerprint density at radius 1 is 1.07 bits per heavy atom. The Balaban J connectivity index is 1.56. The normalized spacial score (nSPS) is 16.1. The largest absolute Gasteiger partial charge is 0.486 e. The molecule has 0 atom stereocenters. The van der Waals surface area contributed by atoms with Crippen LogP contribution in [0, 0.1) is 0 Å². The third kappa shape index (κ3) is 3.19. The molecule has 0 bridgehead atoms. The summed E-state index contributed by atoms with van der Waals surface area (Å²) in [4.78, 5) is 6.87. The molecule has 2 aliphatic rings. The Bertz CT molecular complexity index is 972. The van der Waals surface area contributed by atoms with Crippen LogP contribution in [0.15, 0.2) is 34.7 Å². The van der Waals surface area contributed by atoms with Gasteiger partial charge >= 0.3 is 0 Å². The lowest BCUT2D eigenvalue weighted by molar-refractivity contribution is 0.171. The Hall–Kier alpha value is -2.80. The smallest absolute Gasteiger partial charge is 0.199 e. The number of fused-ring (bicyclic) bond motifs is 1. The van der Waals surface area contributed by atoms with E-state index in [9.17, 15) is 0 Å². The Kier molecular flexibility index (Phi) is 3.89. The molecule has 0 spiro atoms. The van der Waals surface area contributed by atoms with Crippen molar-refractivity contribution < 1.29 is 13.9 Å². The van der Waals surface area contributed by atoms with E-state index in [0.717, 1.165) is 59.7 Å². The molecule has 3 heterocycles. The Morgan fingerprint density at radius 3 is 2.67 bits per heavy atom. The van der Waals surface area contributed by atoms with Crippen LogP contribution in [-0.4, -0.2) is 47.0 Å². The number of hydrogen-bond donors (Lipinski definition) is 0. The molecule has 7 heteroatoms. The lowest BCUT2D eigenvalue weighted by Crippen LogP contribution is -2.15. The molecular formula is C20H22N4O3. The molecule has 2 aromatic heterocycles. The molecule has 0 radical (unpaired) electrons. The van der Waals surface area contributed by atoms with Crippen LogP contribution in [0.25, 0.3) is 17.3 Å². The summed E-state index contributed by atoms with van der Waals surface area (Å²) in [5.74, 6) is 5.18. The number of benzene rings is 1. The minimum atomic E-state index is 0.457. The topological polar surface area (TPSA) is 65.6 Å². The highest BCUT2D eigenvalue weighted by molar-refractivity contribution is 5.56. The third-order valence-electron chi connectivity index (χ3n) is 4.69. The number of furan rings is 1. The molecule has 27 heavy (non-hydrogen) atoms. The van der Waals surface area contributed by atoms with Gasteiger partial charge in [-0.15, -0.1) is 0 Å². The van der Waals surface area contributed by atoms with E-state index in [2.05, 4.69) is 4.90 Å². The van der Waals surface area contributed by atoms with Gasteiger partial charge in [0.1, 0.15) is 19.0 Å². The second-order valence-corrected chi connectivity index (χ2v) is 7.31. The van der Waals surface area contributed by atoms with Gasteiger partial charge in [0.2, 0.25) is 0 Å². The van der Waals surface area contributed by atoms with E-state index in [0.29, 0.717) is 19.1 Å². The zero-order valence-electron chi connectivity index (χ0n) is 15.5. The highest BCUT2D eigenvalue weighted by Crippen LogP contribution is 2.40. The van der Waals surface area contributed by atoms with Crippen LogP contribution in [0.5, 0.6) is 11.5 Å². The quantitative estimate of drug-likeness (QED) is 0.691. The monoisotopic (exact) mass is 366 g/mol. The van der Waals surface area contributed by atoms with E-state index in [1.165, 1.54) is 0 Å². The SMILES string of the molecule is CN(C)Cc1ccc(-c2nc(C3CC3)nn2-c2ccc3c(c2)OCCO3)o1. The van der Waals surface area contributed by atoms with E-state index >= 15 is 0 Å². The molecule has 0 amide bonds. The van der Waals surface area contributed by atoms with Crippen molar-refractivity contribution in [3.8, 4) is 28.8 Å². The molecule has 140 valence electrons. The molecule has 7 nitrogen and oxygen atoms in total. The van der Waals surface area contributed by atoms with Crippen LogP contribution in [0.2, 0.25) is 0 Å². The fourth-order valence-corrected chi connectivity index (χ4v) is 3.24. The van der Waals surface area contributed by atoms with Gasteiger partial charge in [-0.2, -0.15) is 5.10 Å². The van der Waals surface area contributed by atoms with Crippen LogP contribution in [-0.2, 0) is 6.54 Å². The Labute approximate surface area is 157 Å². The summed E-state index contributed by atoms with van der Waals surface area (Å²) in [6.07, 6.45) is 2.29. The van der Waals surface area contributed by atoms with Gasteiger partial charge in [-0.3, -0.25) is 0 Å². The summed E-state index contributed by atoms with van der Waals surface area (Å²) in [7, 11) is 4.04. The number of aromatic nitrogens is 3. The van der Waals surface area contributed by atoms with Gasteiger partial charge in [0.15, 0.2) is 28.9 Å². The van der Waals surface area contributed by atoms with Crippen molar-refractivity contribution in [2.75, 3.05) is 27.3 Å². The first-order valence-corrected chi connectivity index (χ1v) is 9.28. The average Bonchev–Trinajstić information content (AvgIpc) is 3.26. The molecule has 3 aromatic rings. The predicted molar refractivity (Wildman–Crippen MR) is 99.4 cm³/mol. The second kappa shape index (κ2) is 6.42. The standard InChI is InChI=1S/C20H22N4O3/c1-23(2)12-15-6-8-17(27-15)20-21-19(13-3-4-13)22-24(20)14-5-7-16-18(11-14)26-10-9-25-16/h5-8,11,13H,3-4,9-10,12H2,1-2H3. The van der Waals surface area contributed by atoms with Crippen LogP contribution in [0.1, 0.15) is 30.3 Å². The van der Waals surface area contributed by atoms with Crippen LogP contribution < -0.4 is 9.47 Å². The Morgan fingerprint density at radius 2 is 1.89 bits per heavy atom. The number of hydrogen-bond acceptors (Lipinski definition) is 6. The fraction of sp³-hybridized carbons (Fsp3) is 0.400. The zero-order valence-corrected chi connectivity index (χ0v) is 15.5. The molecule has 1 aliphatic heterocycles. The van der Waals surface area contributed by atoms with Crippen molar-refractivity contribution in [2.24, 2.45) is 0 Å². The van der Waals surface area contributed by atoms with Crippen molar-refractivity contribution >= 4 is 0 Å². The first-order valence-electron chi connectivity index (χ1n) is 9.28. The van der Waals surface area contributed by atoms with Crippen LogP contribution in [0.4, 0.5) is 0 Å². The minimum absolute atomic E-state index is 0.457. The van der Waals surface area contributed by atoms with Crippen molar-refractivity contribution in [3.63, 3.8) is 0 Å². The zero-order chi connectivity index (χ0) is 18.4. The molecule has 1 saturated carbocycles. The predicted octanol–water partition coefficient (Wildman–Crippen LogP) is 3.24. The van der Waals surface area contributed by atoms with Crippen LogP contribution in [0.3, 0.4) is 0 Å². The van der Waals surface area contributed by atoms with Crippen molar-refractivity contribution in [3.05, 3.63) is 41.9 Å². The maximum Gasteiger partial charge on any atom is 0.199 e. The highest BCUT2D eigenvalue weighted by Gasteiger charge is 2.30.